The first-order valence-corrected chi connectivity index (χ1v) is 12.3. The Morgan fingerprint density at radius 3 is 1.42 bits per heavy atom. The van der Waals surface area contributed by atoms with E-state index in [-0.39, 0.29) is 6.04 Å². The van der Waals surface area contributed by atoms with Crippen molar-refractivity contribution in [2.45, 2.75) is 89.9 Å². The summed E-state index contributed by atoms with van der Waals surface area (Å²) in [6.07, 6.45) is 1.89. The fourth-order valence-corrected chi connectivity index (χ4v) is 4.12. The quantitative estimate of drug-likeness (QED) is 0.292. The summed E-state index contributed by atoms with van der Waals surface area (Å²) in [5, 5.41) is 3.63. The van der Waals surface area contributed by atoms with E-state index in [4.69, 9.17) is 28.2 Å². The van der Waals surface area contributed by atoms with Crippen LogP contribution in [0.25, 0.3) is 0 Å². The fraction of sp³-hybridized carbons (Fsp3) is 0.519. The minimum atomic E-state index is -0.627. The average molecular weight is 462 g/mol. The van der Waals surface area contributed by atoms with Gasteiger partial charge in [-0.3, -0.25) is 4.99 Å². The highest BCUT2D eigenvalue weighted by atomic mass is 35.5. The summed E-state index contributed by atoms with van der Waals surface area (Å²) in [5.74, 6) is 1.54. The highest BCUT2D eigenvalue weighted by Crippen LogP contribution is 2.36. The number of anilines is 1. The first-order chi connectivity index (χ1) is 14.5. The third kappa shape index (κ3) is 6.49. The molecule has 0 saturated carbocycles. The lowest BCUT2D eigenvalue weighted by atomic mass is 9.92. The number of nitrogens with one attached hydrogen (secondary N) is 1. The van der Waals surface area contributed by atoms with Crippen LogP contribution in [0.2, 0.25) is 0 Å². The van der Waals surface area contributed by atoms with Gasteiger partial charge in [-0.15, -0.1) is 23.2 Å². The molecule has 2 aromatic rings. The number of nitrogens with zero attached hydrogens (tertiary/aromatic N) is 1. The van der Waals surface area contributed by atoms with E-state index >= 15 is 0 Å². The molecule has 0 amide bonds. The van der Waals surface area contributed by atoms with Crippen LogP contribution in [0.1, 0.15) is 101 Å². The molecule has 2 nitrogen and oxygen atoms in total. The van der Waals surface area contributed by atoms with E-state index in [0.29, 0.717) is 23.7 Å². The van der Waals surface area contributed by atoms with E-state index in [1.165, 1.54) is 22.3 Å². The number of alkyl halides is 2. The van der Waals surface area contributed by atoms with Gasteiger partial charge < -0.3 is 5.32 Å². The van der Waals surface area contributed by atoms with Gasteiger partial charge in [-0.2, -0.15) is 0 Å². The first kappa shape index (κ1) is 25.7. The maximum absolute atomic E-state index is 6.44. The summed E-state index contributed by atoms with van der Waals surface area (Å²) < 4.78 is 0. The number of rotatable bonds is 9. The Kier molecular flexibility index (Phi) is 9.45. The largest absolute Gasteiger partial charge is 0.374 e. The third-order valence-corrected chi connectivity index (χ3v) is 6.21. The highest BCUT2D eigenvalue weighted by Gasteiger charge is 2.21. The number of hydrogen-bond donors (Lipinski definition) is 1. The molecule has 0 aliphatic carbocycles. The third-order valence-electron chi connectivity index (χ3n) is 5.66. The average Bonchev–Trinajstić information content (AvgIpc) is 2.69. The van der Waals surface area contributed by atoms with Crippen LogP contribution in [0.15, 0.2) is 41.4 Å². The van der Waals surface area contributed by atoms with Crippen LogP contribution in [-0.4, -0.2) is 17.1 Å². The zero-order valence-corrected chi connectivity index (χ0v) is 21.7. The SMILES string of the molecule is CC(C)c1cccc(C(C)C)c1N=CC(Nc1c(C(C)C)cccc1C(C)C)C(Cl)Cl. The summed E-state index contributed by atoms with van der Waals surface area (Å²) in [6, 6.07) is 12.6. The van der Waals surface area contributed by atoms with Crippen molar-refractivity contribution in [3.8, 4) is 0 Å². The Balaban J connectivity index is 2.51. The fourth-order valence-electron chi connectivity index (χ4n) is 3.87. The van der Waals surface area contributed by atoms with E-state index in [2.05, 4.69) is 97.1 Å². The highest BCUT2D eigenvalue weighted by molar-refractivity contribution is 6.45. The number of halogens is 2. The molecule has 1 unspecified atom stereocenters. The van der Waals surface area contributed by atoms with Crippen LogP contribution in [0, 0.1) is 0 Å². The van der Waals surface area contributed by atoms with Crippen molar-refractivity contribution >= 4 is 40.8 Å². The molecule has 2 rings (SSSR count). The van der Waals surface area contributed by atoms with Crippen LogP contribution in [0.5, 0.6) is 0 Å². The lowest BCUT2D eigenvalue weighted by Gasteiger charge is -2.25. The molecule has 0 heterocycles. The van der Waals surface area contributed by atoms with Crippen molar-refractivity contribution in [2.24, 2.45) is 4.99 Å². The molecule has 0 bridgehead atoms. The Labute approximate surface area is 199 Å². The van der Waals surface area contributed by atoms with Gasteiger partial charge >= 0.3 is 0 Å². The standard InChI is InChI=1S/C27H38Cl2N2/c1-16(2)20-11-9-12-21(17(3)4)25(20)30-15-24(27(28)29)31-26-22(18(5)6)13-10-14-23(26)19(7)8/h9-19,24,27,31H,1-8H3. The monoisotopic (exact) mass is 460 g/mol. The summed E-state index contributed by atoms with van der Waals surface area (Å²) in [4.78, 5) is 4.33. The molecule has 31 heavy (non-hydrogen) atoms. The van der Waals surface area contributed by atoms with Gasteiger partial charge in [0, 0.05) is 11.9 Å². The maximum Gasteiger partial charge on any atom is 0.132 e. The molecule has 0 spiro atoms. The summed E-state index contributed by atoms with van der Waals surface area (Å²) >= 11 is 12.9. The summed E-state index contributed by atoms with van der Waals surface area (Å²) in [6.45, 7) is 17.6. The molecule has 2 aromatic carbocycles. The lowest BCUT2D eigenvalue weighted by Crippen LogP contribution is -2.29. The van der Waals surface area contributed by atoms with E-state index < -0.39 is 4.84 Å². The van der Waals surface area contributed by atoms with Crippen molar-refractivity contribution < 1.29 is 0 Å². The van der Waals surface area contributed by atoms with Crippen LogP contribution < -0.4 is 5.32 Å². The Hall–Kier alpha value is -1.51. The smallest absolute Gasteiger partial charge is 0.132 e. The van der Waals surface area contributed by atoms with E-state index in [1.54, 1.807) is 0 Å². The summed E-state index contributed by atoms with van der Waals surface area (Å²) in [5.41, 5.74) is 7.18. The molecule has 170 valence electrons. The second kappa shape index (κ2) is 11.4. The van der Waals surface area contributed by atoms with Crippen LogP contribution >= 0.6 is 23.2 Å². The van der Waals surface area contributed by atoms with Crippen molar-refractivity contribution in [1.82, 2.24) is 0 Å². The topological polar surface area (TPSA) is 24.4 Å². The van der Waals surface area contributed by atoms with Gasteiger partial charge in [0.1, 0.15) is 4.84 Å². The molecule has 1 atom stereocenters. The normalized spacial score (nSPS) is 13.4. The number of aliphatic imine (C=N–C) groups is 1. The molecule has 0 fully saturated rings. The zero-order valence-electron chi connectivity index (χ0n) is 20.2. The van der Waals surface area contributed by atoms with Gasteiger partial charge in [0.25, 0.3) is 0 Å². The number of hydrogen-bond acceptors (Lipinski definition) is 2. The van der Waals surface area contributed by atoms with Gasteiger partial charge in [0.15, 0.2) is 0 Å². The number of para-hydroxylation sites is 2. The van der Waals surface area contributed by atoms with Crippen LogP contribution in [0.3, 0.4) is 0 Å². The second-order valence-electron chi connectivity index (χ2n) is 9.50. The Morgan fingerprint density at radius 1 is 0.677 bits per heavy atom. The lowest BCUT2D eigenvalue weighted by molar-refractivity contribution is 0.827. The summed E-state index contributed by atoms with van der Waals surface area (Å²) in [7, 11) is 0. The van der Waals surface area contributed by atoms with Crippen LogP contribution in [-0.2, 0) is 0 Å². The van der Waals surface area contributed by atoms with Gasteiger partial charge in [-0.1, -0.05) is 91.8 Å². The molecule has 0 aromatic heterocycles. The molecule has 4 heteroatoms. The Bertz CT molecular complexity index is 830. The number of benzene rings is 2. The molecule has 0 aliphatic heterocycles. The first-order valence-electron chi connectivity index (χ1n) is 11.4. The molecule has 0 radical (unpaired) electrons. The van der Waals surface area contributed by atoms with Crippen molar-refractivity contribution in [2.75, 3.05) is 5.32 Å². The van der Waals surface area contributed by atoms with Crippen LogP contribution in [0.4, 0.5) is 11.4 Å². The molecular weight excluding hydrogens is 423 g/mol. The molecule has 1 N–H and O–H groups in total. The van der Waals surface area contributed by atoms with Crippen molar-refractivity contribution in [1.29, 1.82) is 0 Å². The van der Waals surface area contributed by atoms with Gasteiger partial charge in [-0.05, 0) is 45.9 Å². The Morgan fingerprint density at radius 2 is 1.06 bits per heavy atom. The van der Waals surface area contributed by atoms with E-state index in [0.717, 1.165) is 11.4 Å². The predicted molar refractivity (Wildman–Crippen MR) is 140 cm³/mol. The van der Waals surface area contributed by atoms with Crippen molar-refractivity contribution in [3.05, 3.63) is 58.7 Å². The second-order valence-corrected chi connectivity index (χ2v) is 10.7. The molecular formula is C27H38Cl2N2. The van der Waals surface area contributed by atoms with E-state index in [1.807, 2.05) is 6.21 Å². The van der Waals surface area contributed by atoms with Gasteiger partial charge in [-0.25, -0.2) is 0 Å². The van der Waals surface area contributed by atoms with Crippen molar-refractivity contribution in [3.63, 3.8) is 0 Å². The maximum atomic E-state index is 6.44. The molecule has 0 aliphatic rings. The predicted octanol–water partition coefficient (Wildman–Crippen LogP) is 9.17. The van der Waals surface area contributed by atoms with E-state index in [9.17, 15) is 0 Å². The van der Waals surface area contributed by atoms with Gasteiger partial charge in [0.2, 0.25) is 0 Å². The minimum Gasteiger partial charge on any atom is -0.374 e. The zero-order chi connectivity index (χ0) is 23.3. The minimum absolute atomic E-state index is 0.305. The molecule has 0 saturated heterocycles. The van der Waals surface area contributed by atoms with Gasteiger partial charge in [0.05, 0.1) is 11.7 Å².